The summed E-state index contributed by atoms with van der Waals surface area (Å²) in [5, 5.41) is 0. The van der Waals surface area contributed by atoms with E-state index in [-0.39, 0.29) is 12.1 Å². The van der Waals surface area contributed by atoms with E-state index >= 15 is 0 Å². The molecule has 1 aliphatic carbocycles. The van der Waals surface area contributed by atoms with Crippen molar-refractivity contribution in [2.75, 3.05) is 0 Å². The van der Waals surface area contributed by atoms with Crippen LogP contribution in [0, 0.1) is 6.92 Å². The second kappa shape index (κ2) is 4.16. The van der Waals surface area contributed by atoms with Gasteiger partial charge in [-0.3, -0.25) is 0 Å². The normalized spacial score (nSPS) is 25.1. The van der Waals surface area contributed by atoms with Gasteiger partial charge in [-0.05, 0) is 31.4 Å². The van der Waals surface area contributed by atoms with E-state index in [2.05, 4.69) is 4.72 Å². The highest BCUT2D eigenvalue weighted by Crippen LogP contribution is 2.21. The van der Waals surface area contributed by atoms with Gasteiger partial charge in [0.2, 0.25) is 10.0 Å². The van der Waals surface area contributed by atoms with Gasteiger partial charge < -0.3 is 5.73 Å². The smallest absolute Gasteiger partial charge is 0.241 e. The largest absolute Gasteiger partial charge is 0.328 e. The van der Waals surface area contributed by atoms with Gasteiger partial charge in [0.05, 0.1) is 4.90 Å². The molecule has 0 atom stereocenters. The van der Waals surface area contributed by atoms with E-state index in [1.54, 1.807) is 25.1 Å². The van der Waals surface area contributed by atoms with Gasteiger partial charge in [-0.1, -0.05) is 18.2 Å². The molecule has 3 N–H and O–H groups in total. The number of rotatable bonds is 3. The summed E-state index contributed by atoms with van der Waals surface area (Å²) in [6.07, 6.45) is 1.45. The van der Waals surface area contributed by atoms with Gasteiger partial charge in [-0.2, -0.15) is 0 Å². The zero-order chi connectivity index (χ0) is 11.8. The Morgan fingerprint density at radius 2 is 1.94 bits per heavy atom. The molecule has 0 saturated heterocycles. The molecule has 4 nitrogen and oxygen atoms in total. The minimum Gasteiger partial charge on any atom is -0.328 e. The summed E-state index contributed by atoms with van der Waals surface area (Å²) in [6.45, 7) is 1.79. The standard InChI is InChI=1S/C11H16N2O2S/c1-8-4-2-3-5-11(8)16(14,15)13-10-6-9(12)7-10/h2-5,9-10,13H,6-7,12H2,1H3. The van der Waals surface area contributed by atoms with Crippen LogP contribution in [0.2, 0.25) is 0 Å². The van der Waals surface area contributed by atoms with E-state index in [4.69, 9.17) is 5.73 Å². The Bertz CT molecular complexity index is 479. The average Bonchev–Trinajstić information content (AvgIpc) is 2.15. The molecule has 0 aliphatic heterocycles. The summed E-state index contributed by atoms with van der Waals surface area (Å²) in [5.74, 6) is 0. The maximum absolute atomic E-state index is 12.0. The Kier molecular flexibility index (Phi) is 3.01. The number of benzene rings is 1. The Labute approximate surface area is 95.9 Å². The van der Waals surface area contributed by atoms with Crippen LogP contribution in [-0.4, -0.2) is 20.5 Å². The van der Waals surface area contributed by atoms with Crippen LogP contribution in [0.4, 0.5) is 0 Å². The summed E-state index contributed by atoms with van der Waals surface area (Å²) in [5.41, 5.74) is 6.38. The molecular weight excluding hydrogens is 224 g/mol. The molecule has 0 amide bonds. The van der Waals surface area contributed by atoms with Crippen LogP contribution in [0.25, 0.3) is 0 Å². The molecule has 1 aliphatic rings. The predicted molar refractivity (Wildman–Crippen MR) is 62.5 cm³/mol. The second-order valence-corrected chi connectivity index (χ2v) is 6.00. The third kappa shape index (κ3) is 2.26. The van der Waals surface area contributed by atoms with Crippen LogP contribution in [-0.2, 0) is 10.0 Å². The lowest BCUT2D eigenvalue weighted by Crippen LogP contribution is -2.50. The first-order valence-corrected chi connectivity index (χ1v) is 6.81. The molecule has 1 aromatic rings. The highest BCUT2D eigenvalue weighted by atomic mass is 32.2. The number of nitrogens with two attached hydrogens (primary N) is 1. The summed E-state index contributed by atoms with van der Waals surface area (Å²) in [4.78, 5) is 0.357. The Hall–Kier alpha value is -0.910. The fourth-order valence-corrected chi connectivity index (χ4v) is 3.41. The lowest BCUT2D eigenvalue weighted by molar-refractivity contribution is 0.327. The minimum absolute atomic E-state index is 0.000365. The molecule has 5 heteroatoms. The highest BCUT2D eigenvalue weighted by Gasteiger charge is 2.30. The van der Waals surface area contributed by atoms with E-state index in [1.165, 1.54) is 0 Å². The van der Waals surface area contributed by atoms with Crippen molar-refractivity contribution >= 4 is 10.0 Å². The molecular formula is C11H16N2O2S. The van der Waals surface area contributed by atoms with Gasteiger partial charge in [0.1, 0.15) is 0 Å². The molecule has 0 heterocycles. The van der Waals surface area contributed by atoms with E-state index in [0.29, 0.717) is 4.90 Å². The second-order valence-electron chi connectivity index (χ2n) is 4.32. The molecule has 2 rings (SSSR count). The molecule has 0 unspecified atom stereocenters. The summed E-state index contributed by atoms with van der Waals surface area (Å²) in [7, 11) is -3.38. The number of nitrogens with one attached hydrogen (secondary N) is 1. The fourth-order valence-electron chi connectivity index (χ4n) is 1.90. The van der Waals surface area contributed by atoms with Crippen LogP contribution in [0.1, 0.15) is 18.4 Å². The summed E-state index contributed by atoms with van der Waals surface area (Å²) in [6, 6.07) is 7.11. The van der Waals surface area contributed by atoms with Crippen molar-refractivity contribution in [2.24, 2.45) is 5.73 Å². The molecule has 16 heavy (non-hydrogen) atoms. The zero-order valence-corrected chi connectivity index (χ0v) is 10.00. The van der Waals surface area contributed by atoms with Gasteiger partial charge >= 0.3 is 0 Å². The molecule has 0 aromatic heterocycles. The van der Waals surface area contributed by atoms with Crippen molar-refractivity contribution in [2.45, 2.75) is 36.7 Å². The molecule has 1 saturated carbocycles. The molecule has 1 fully saturated rings. The van der Waals surface area contributed by atoms with Crippen LogP contribution in [0.3, 0.4) is 0 Å². The first-order chi connectivity index (χ1) is 7.49. The molecule has 0 spiro atoms. The van der Waals surface area contributed by atoms with Gasteiger partial charge in [0.15, 0.2) is 0 Å². The van der Waals surface area contributed by atoms with Crippen LogP contribution in [0.5, 0.6) is 0 Å². The topological polar surface area (TPSA) is 72.2 Å². The van der Waals surface area contributed by atoms with E-state index in [0.717, 1.165) is 18.4 Å². The Balaban J connectivity index is 2.16. The van der Waals surface area contributed by atoms with E-state index in [1.807, 2.05) is 6.07 Å². The SMILES string of the molecule is Cc1ccccc1S(=O)(=O)NC1CC(N)C1. The van der Waals surface area contributed by atoms with Crippen LogP contribution in [0.15, 0.2) is 29.2 Å². The monoisotopic (exact) mass is 240 g/mol. The number of hydrogen-bond donors (Lipinski definition) is 2. The minimum atomic E-state index is -3.38. The Morgan fingerprint density at radius 1 is 1.31 bits per heavy atom. The van der Waals surface area contributed by atoms with E-state index < -0.39 is 10.0 Å². The van der Waals surface area contributed by atoms with Crippen molar-refractivity contribution in [3.05, 3.63) is 29.8 Å². The van der Waals surface area contributed by atoms with Crippen molar-refractivity contribution in [3.63, 3.8) is 0 Å². The van der Waals surface area contributed by atoms with Gasteiger partial charge in [-0.15, -0.1) is 0 Å². The number of sulfonamides is 1. The first kappa shape index (κ1) is 11.6. The lowest BCUT2D eigenvalue weighted by Gasteiger charge is -2.32. The third-order valence-electron chi connectivity index (χ3n) is 2.88. The number of hydrogen-bond acceptors (Lipinski definition) is 3. The number of aryl methyl sites for hydroxylation is 1. The van der Waals surface area contributed by atoms with Gasteiger partial charge in [0, 0.05) is 12.1 Å². The maximum atomic E-state index is 12.0. The van der Waals surface area contributed by atoms with Crippen molar-refractivity contribution in [1.82, 2.24) is 4.72 Å². The van der Waals surface area contributed by atoms with E-state index in [9.17, 15) is 8.42 Å². The van der Waals surface area contributed by atoms with Crippen LogP contribution < -0.4 is 10.5 Å². The fraction of sp³-hybridized carbons (Fsp3) is 0.455. The van der Waals surface area contributed by atoms with Crippen molar-refractivity contribution in [1.29, 1.82) is 0 Å². The lowest BCUT2D eigenvalue weighted by atomic mass is 9.89. The molecule has 0 radical (unpaired) electrons. The molecule has 88 valence electrons. The third-order valence-corrected chi connectivity index (χ3v) is 4.56. The highest BCUT2D eigenvalue weighted by molar-refractivity contribution is 7.89. The average molecular weight is 240 g/mol. The predicted octanol–water partition coefficient (Wildman–Crippen LogP) is 0.763. The van der Waals surface area contributed by atoms with Gasteiger partial charge in [0.25, 0.3) is 0 Å². The van der Waals surface area contributed by atoms with Crippen LogP contribution >= 0.6 is 0 Å². The van der Waals surface area contributed by atoms with Gasteiger partial charge in [-0.25, -0.2) is 13.1 Å². The summed E-state index contributed by atoms with van der Waals surface area (Å²) >= 11 is 0. The van der Waals surface area contributed by atoms with Crippen molar-refractivity contribution in [3.8, 4) is 0 Å². The Morgan fingerprint density at radius 3 is 2.50 bits per heavy atom. The maximum Gasteiger partial charge on any atom is 0.241 e. The molecule has 1 aromatic carbocycles. The summed E-state index contributed by atoms with van der Waals surface area (Å²) < 4.78 is 26.7. The van der Waals surface area contributed by atoms with Crippen molar-refractivity contribution < 1.29 is 8.42 Å². The molecule has 0 bridgehead atoms. The quantitative estimate of drug-likeness (QED) is 0.819. The first-order valence-electron chi connectivity index (χ1n) is 5.32. The zero-order valence-electron chi connectivity index (χ0n) is 9.18.